The van der Waals surface area contributed by atoms with Gasteiger partial charge in [0.05, 0.1) is 6.04 Å². The zero-order valence-electron chi connectivity index (χ0n) is 10.2. The zero-order valence-corrected chi connectivity index (χ0v) is 10.2. The molecule has 18 heavy (non-hydrogen) atoms. The highest BCUT2D eigenvalue weighted by molar-refractivity contribution is 5.83. The molecule has 1 aliphatic heterocycles. The van der Waals surface area contributed by atoms with Gasteiger partial charge in [0.2, 0.25) is 5.91 Å². The van der Waals surface area contributed by atoms with Gasteiger partial charge in [-0.25, -0.2) is 8.78 Å². The lowest BCUT2D eigenvalue weighted by molar-refractivity contribution is -0.128. The van der Waals surface area contributed by atoms with Crippen LogP contribution in [0.1, 0.15) is 24.0 Å². The van der Waals surface area contributed by atoms with E-state index in [4.69, 9.17) is 0 Å². The van der Waals surface area contributed by atoms with Crippen LogP contribution in [0.5, 0.6) is 0 Å². The molecule has 1 aliphatic rings. The van der Waals surface area contributed by atoms with Gasteiger partial charge in [0, 0.05) is 25.7 Å². The zero-order chi connectivity index (χ0) is 13.1. The Kier molecular flexibility index (Phi) is 3.91. The van der Waals surface area contributed by atoms with Crippen molar-refractivity contribution >= 4 is 5.91 Å². The molecule has 3 nitrogen and oxygen atoms in total. The topological polar surface area (TPSA) is 32.3 Å². The molecule has 0 radical (unpaired) electrons. The second kappa shape index (κ2) is 5.44. The Balaban J connectivity index is 1.94. The summed E-state index contributed by atoms with van der Waals surface area (Å²) in [6.07, 6.45) is -1.69. The minimum absolute atomic E-state index is 0.0177. The Hall–Kier alpha value is -1.49. The van der Waals surface area contributed by atoms with Crippen molar-refractivity contribution in [2.24, 2.45) is 0 Å². The fourth-order valence-electron chi connectivity index (χ4n) is 2.09. The van der Waals surface area contributed by atoms with Crippen LogP contribution in [0.25, 0.3) is 0 Å². The summed E-state index contributed by atoms with van der Waals surface area (Å²) < 4.78 is 25.0. The molecule has 1 fully saturated rings. The van der Waals surface area contributed by atoms with E-state index in [9.17, 15) is 13.6 Å². The van der Waals surface area contributed by atoms with Gasteiger partial charge < -0.3 is 10.2 Å². The van der Waals surface area contributed by atoms with Gasteiger partial charge in [0.25, 0.3) is 6.43 Å². The standard InChI is InChI=1S/C13H16F2N2O/c1-17-6-5-11(13(17)18)16-8-9-3-2-4-10(7-9)12(14)15/h2-4,7,11-12,16H,5-6,8H2,1H3. The molecule has 2 rings (SSSR count). The van der Waals surface area contributed by atoms with Crippen molar-refractivity contribution in [3.8, 4) is 0 Å². The highest BCUT2D eigenvalue weighted by Crippen LogP contribution is 2.19. The van der Waals surface area contributed by atoms with E-state index in [2.05, 4.69) is 5.32 Å². The molecule has 98 valence electrons. The Morgan fingerprint density at radius 3 is 2.89 bits per heavy atom. The van der Waals surface area contributed by atoms with Crippen molar-refractivity contribution in [1.29, 1.82) is 0 Å². The van der Waals surface area contributed by atoms with Crippen LogP contribution in [-0.4, -0.2) is 30.4 Å². The minimum atomic E-state index is -2.45. The minimum Gasteiger partial charge on any atom is -0.344 e. The van der Waals surface area contributed by atoms with Gasteiger partial charge in [-0.15, -0.1) is 0 Å². The molecular weight excluding hydrogens is 238 g/mol. The number of nitrogens with one attached hydrogen (secondary N) is 1. The molecular formula is C13H16F2N2O. The van der Waals surface area contributed by atoms with Gasteiger partial charge in [-0.2, -0.15) is 0 Å². The molecule has 1 saturated heterocycles. The third-order valence-corrected chi connectivity index (χ3v) is 3.18. The maximum absolute atomic E-state index is 12.5. The van der Waals surface area contributed by atoms with E-state index in [0.717, 1.165) is 18.5 Å². The largest absolute Gasteiger partial charge is 0.344 e. The van der Waals surface area contributed by atoms with E-state index in [0.29, 0.717) is 6.54 Å². The van der Waals surface area contributed by atoms with E-state index in [1.54, 1.807) is 24.1 Å². The van der Waals surface area contributed by atoms with Crippen LogP contribution in [0.15, 0.2) is 24.3 Å². The summed E-state index contributed by atoms with van der Waals surface area (Å²) in [5.41, 5.74) is 0.791. The van der Waals surface area contributed by atoms with Gasteiger partial charge in [-0.3, -0.25) is 4.79 Å². The van der Waals surface area contributed by atoms with Crippen molar-refractivity contribution in [2.75, 3.05) is 13.6 Å². The van der Waals surface area contributed by atoms with Crippen LogP contribution >= 0.6 is 0 Å². The Morgan fingerprint density at radius 1 is 1.50 bits per heavy atom. The molecule has 0 spiro atoms. The number of halogens is 2. The predicted octanol–water partition coefficient (Wildman–Crippen LogP) is 1.94. The Labute approximate surface area is 105 Å². The second-order valence-electron chi connectivity index (χ2n) is 4.53. The van der Waals surface area contributed by atoms with Gasteiger partial charge in [0.1, 0.15) is 0 Å². The Bertz CT molecular complexity index is 437. The van der Waals surface area contributed by atoms with Gasteiger partial charge in [0.15, 0.2) is 0 Å². The first kappa shape index (κ1) is 13.0. The maximum atomic E-state index is 12.5. The molecule has 1 unspecified atom stereocenters. The van der Waals surface area contributed by atoms with E-state index in [1.165, 1.54) is 12.1 Å². The van der Waals surface area contributed by atoms with Gasteiger partial charge in [-0.05, 0) is 18.1 Å². The first-order chi connectivity index (χ1) is 8.58. The summed E-state index contributed by atoms with van der Waals surface area (Å²) in [5.74, 6) is 0.0695. The molecule has 1 aromatic rings. The second-order valence-corrected chi connectivity index (χ2v) is 4.53. The van der Waals surface area contributed by atoms with Gasteiger partial charge in [-0.1, -0.05) is 18.2 Å². The van der Waals surface area contributed by atoms with Crippen molar-refractivity contribution in [1.82, 2.24) is 10.2 Å². The van der Waals surface area contributed by atoms with Gasteiger partial charge >= 0.3 is 0 Å². The number of hydrogen-bond donors (Lipinski definition) is 1. The lowest BCUT2D eigenvalue weighted by Crippen LogP contribution is -2.36. The maximum Gasteiger partial charge on any atom is 0.263 e. The molecule has 1 amide bonds. The molecule has 1 heterocycles. The average molecular weight is 254 g/mol. The summed E-state index contributed by atoms with van der Waals surface area (Å²) in [6.45, 7) is 1.18. The molecule has 0 saturated carbocycles. The third-order valence-electron chi connectivity index (χ3n) is 3.18. The Morgan fingerprint density at radius 2 is 2.28 bits per heavy atom. The number of rotatable bonds is 4. The van der Waals surface area contributed by atoms with Crippen molar-refractivity contribution in [3.63, 3.8) is 0 Å². The first-order valence-electron chi connectivity index (χ1n) is 5.93. The smallest absolute Gasteiger partial charge is 0.263 e. The summed E-state index contributed by atoms with van der Waals surface area (Å²) in [4.78, 5) is 13.3. The number of carbonyl (C=O) groups is 1. The van der Waals surface area contributed by atoms with E-state index < -0.39 is 6.43 Å². The normalized spacial score (nSPS) is 19.9. The van der Waals surface area contributed by atoms with Crippen LogP contribution in [0, 0.1) is 0 Å². The van der Waals surface area contributed by atoms with Crippen LogP contribution in [0.2, 0.25) is 0 Å². The van der Waals surface area contributed by atoms with Crippen molar-refractivity contribution in [3.05, 3.63) is 35.4 Å². The number of carbonyl (C=O) groups excluding carboxylic acids is 1. The number of likely N-dealkylation sites (tertiary alicyclic amines) is 1. The average Bonchev–Trinajstić information content (AvgIpc) is 2.68. The molecule has 0 aliphatic carbocycles. The molecule has 0 aromatic heterocycles. The number of amides is 1. The fraction of sp³-hybridized carbons (Fsp3) is 0.462. The predicted molar refractivity (Wildman–Crippen MR) is 64.3 cm³/mol. The summed E-state index contributed by atoms with van der Waals surface area (Å²) >= 11 is 0. The first-order valence-corrected chi connectivity index (χ1v) is 5.93. The molecule has 1 N–H and O–H groups in total. The summed E-state index contributed by atoms with van der Waals surface area (Å²) in [5, 5.41) is 3.11. The quantitative estimate of drug-likeness (QED) is 0.890. The number of alkyl halides is 2. The number of hydrogen-bond acceptors (Lipinski definition) is 2. The summed E-state index contributed by atoms with van der Waals surface area (Å²) in [6, 6.07) is 6.08. The fourth-order valence-corrected chi connectivity index (χ4v) is 2.09. The van der Waals surface area contributed by atoms with E-state index in [-0.39, 0.29) is 17.5 Å². The molecule has 0 bridgehead atoms. The number of benzene rings is 1. The SMILES string of the molecule is CN1CCC(NCc2cccc(C(F)F)c2)C1=O. The third kappa shape index (κ3) is 2.85. The number of nitrogens with zero attached hydrogens (tertiary/aromatic N) is 1. The molecule has 1 atom stereocenters. The van der Waals surface area contributed by atoms with E-state index in [1.807, 2.05) is 0 Å². The molecule has 1 aromatic carbocycles. The van der Waals surface area contributed by atoms with E-state index >= 15 is 0 Å². The van der Waals surface area contributed by atoms with Crippen molar-refractivity contribution in [2.45, 2.75) is 25.4 Å². The monoisotopic (exact) mass is 254 g/mol. The lowest BCUT2D eigenvalue weighted by Gasteiger charge is -2.12. The lowest BCUT2D eigenvalue weighted by atomic mass is 10.1. The van der Waals surface area contributed by atoms with Crippen LogP contribution in [0.3, 0.4) is 0 Å². The van der Waals surface area contributed by atoms with Crippen molar-refractivity contribution < 1.29 is 13.6 Å². The highest BCUT2D eigenvalue weighted by Gasteiger charge is 2.28. The van der Waals surface area contributed by atoms with Crippen LogP contribution in [0.4, 0.5) is 8.78 Å². The number of likely N-dealkylation sites (N-methyl/N-ethyl adjacent to an activating group) is 1. The highest BCUT2D eigenvalue weighted by atomic mass is 19.3. The summed E-state index contributed by atoms with van der Waals surface area (Å²) in [7, 11) is 1.77. The molecule has 5 heteroatoms. The van der Waals surface area contributed by atoms with Crippen LogP contribution < -0.4 is 5.32 Å². The van der Waals surface area contributed by atoms with Crippen LogP contribution in [-0.2, 0) is 11.3 Å².